The van der Waals surface area contributed by atoms with Crippen LogP contribution in [0.5, 0.6) is 0 Å². The summed E-state index contributed by atoms with van der Waals surface area (Å²) in [7, 11) is 6.44. The number of benzene rings is 1. The largest absolute Gasteiger partial charge is 0.388 e. The molecular formula is C15H25N3. The Morgan fingerprint density at radius 2 is 2.06 bits per heavy atom. The van der Waals surface area contributed by atoms with E-state index < -0.39 is 0 Å². The van der Waals surface area contributed by atoms with Crippen molar-refractivity contribution in [1.82, 2.24) is 9.80 Å². The van der Waals surface area contributed by atoms with Crippen LogP contribution in [0, 0.1) is 0 Å². The fraction of sp³-hybridized carbons (Fsp3) is 0.600. The molecule has 1 heterocycles. The SMILES string of the molecule is CNc1cccc(CN(C)C2CCN(C)CC2)c1. The highest BCUT2D eigenvalue weighted by Gasteiger charge is 2.20. The number of nitrogens with zero attached hydrogens (tertiary/aromatic N) is 2. The zero-order valence-corrected chi connectivity index (χ0v) is 11.8. The fourth-order valence-corrected chi connectivity index (χ4v) is 2.68. The molecule has 0 aromatic heterocycles. The van der Waals surface area contributed by atoms with Crippen molar-refractivity contribution in [2.75, 3.05) is 39.5 Å². The Hall–Kier alpha value is -1.06. The van der Waals surface area contributed by atoms with Crippen LogP contribution in [-0.2, 0) is 6.54 Å². The Kier molecular flexibility index (Phi) is 4.61. The van der Waals surface area contributed by atoms with E-state index in [0.29, 0.717) is 0 Å². The van der Waals surface area contributed by atoms with E-state index in [1.54, 1.807) is 0 Å². The summed E-state index contributed by atoms with van der Waals surface area (Å²) >= 11 is 0. The van der Waals surface area contributed by atoms with Crippen molar-refractivity contribution in [1.29, 1.82) is 0 Å². The van der Waals surface area contributed by atoms with Gasteiger partial charge in [0.15, 0.2) is 0 Å². The van der Waals surface area contributed by atoms with Crippen LogP contribution in [0.1, 0.15) is 18.4 Å². The summed E-state index contributed by atoms with van der Waals surface area (Å²) < 4.78 is 0. The summed E-state index contributed by atoms with van der Waals surface area (Å²) in [6.07, 6.45) is 2.58. The number of piperidine rings is 1. The van der Waals surface area contributed by atoms with E-state index in [1.165, 1.54) is 37.2 Å². The quantitative estimate of drug-likeness (QED) is 0.880. The number of nitrogens with one attached hydrogen (secondary N) is 1. The average molecular weight is 247 g/mol. The van der Waals surface area contributed by atoms with Crippen LogP contribution in [0.15, 0.2) is 24.3 Å². The predicted octanol–water partition coefficient (Wildman–Crippen LogP) is 2.25. The maximum Gasteiger partial charge on any atom is 0.0340 e. The standard InChI is InChI=1S/C15H25N3/c1-16-14-6-4-5-13(11-14)12-18(3)15-7-9-17(2)10-8-15/h4-6,11,15-16H,7-10,12H2,1-3H3. The van der Waals surface area contributed by atoms with Gasteiger partial charge >= 0.3 is 0 Å². The highest BCUT2D eigenvalue weighted by molar-refractivity contribution is 5.44. The molecule has 0 bridgehead atoms. The van der Waals surface area contributed by atoms with E-state index in [1.807, 2.05) is 7.05 Å². The molecule has 0 radical (unpaired) electrons. The molecule has 1 saturated heterocycles. The van der Waals surface area contributed by atoms with Crippen LogP contribution >= 0.6 is 0 Å². The first kappa shape index (κ1) is 13.4. The van der Waals surface area contributed by atoms with Crippen LogP contribution in [-0.4, -0.2) is 50.1 Å². The maximum atomic E-state index is 3.20. The van der Waals surface area contributed by atoms with Gasteiger partial charge in [0, 0.05) is 25.3 Å². The Bertz CT molecular complexity index is 370. The fourth-order valence-electron chi connectivity index (χ4n) is 2.68. The predicted molar refractivity (Wildman–Crippen MR) is 78.0 cm³/mol. The first-order chi connectivity index (χ1) is 8.69. The first-order valence-electron chi connectivity index (χ1n) is 6.84. The second kappa shape index (κ2) is 6.21. The maximum absolute atomic E-state index is 3.20. The lowest BCUT2D eigenvalue weighted by molar-refractivity contribution is 0.139. The minimum atomic E-state index is 0.736. The molecule has 3 heteroatoms. The lowest BCUT2D eigenvalue weighted by Gasteiger charge is -2.35. The Morgan fingerprint density at radius 3 is 2.72 bits per heavy atom. The number of hydrogen-bond acceptors (Lipinski definition) is 3. The van der Waals surface area contributed by atoms with E-state index in [9.17, 15) is 0 Å². The van der Waals surface area contributed by atoms with Gasteiger partial charge in [0.25, 0.3) is 0 Å². The second-order valence-corrected chi connectivity index (χ2v) is 5.40. The zero-order chi connectivity index (χ0) is 13.0. The van der Waals surface area contributed by atoms with Crippen LogP contribution in [0.4, 0.5) is 5.69 Å². The number of rotatable bonds is 4. The van der Waals surface area contributed by atoms with Crippen LogP contribution in [0.3, 0.4) is 0 Å². The Balaban J connectivity index is 1.91. The molecule has 3 nitrogen and oxygen atoms in total. The molecule has 0 atom stereocenters. The molecule has 1 aromatic rings. The highest BCUT2D eigenvalue weighted by atomic mass is 15.2. The topological polar surface area (TPSA) is 18.5 Å². The van der Waals surface area contributed by atoms with E-state index in [-0.39, 0.29) is 0 Å². The normalized spacial score (nSPS) is 18.2. The van der Waals surface area contributed by atoms with Crippen LogP contribution in [0.25, 0.3) is 0 Å². The number of likely N-dealkylation sites (tertiary alicyclic amines) is 1. The third-order valence-corrected chi connectivity index (χ3v) is 3.96. The molecule has 0 saturated carbocycles. The third kappa shape index (κ3) is 3.47. The van der Waals surface area contributed by atoms with Gasteiger partial charge in [-0.1, -0.05) is 12.1 Å². The van der Waals surface area contributed by atoms with E-state index in [0.717, 1.165) is 12.6 Å². The first-order valence-corrected chi connectivity index (χ1v) is 6.84. The summed E-state index contributed by atoms with van der Waals surface area (Å²) in [4.78, 5) is 4.92. The minimum Gasteiger partial charge on any atom is -0.388 e. The van der Waals surface area contributed by atoms with Crippen molar-refractivity contribution in [3.63, 3.8) is 0 Å². The van der Waals surface area contributed by atoms with Crippen molar-refractivity contribution in [3.8, 4) is 0 Å². The molecule has 0 amide bonds. The van der Waals surface area contributed by atoms with Gasteiger partial charge in [0.2, 0.25) is 0 Å². The average Bonchev–Trinajstić information content (AvgIpc) is 2.39. The third-order valence-electron chi connectivity index (χ3n) is 3.96. The van der Waals surface area contributed by atoms with Gasteiger partial charge in [-0.15, -0.1) is 0 Å². The smallest absolute Gasteiger partial charge is 0.0340 e. The van der Waals surface area contributed by atoms with Gasteiger partial charge < -0.3 is 10.2 Å². The highest BCUT2D eigenvalue weighted by Crippen LogP contribution is 2.18. The van der Waals surface area contributed by atoms with Crippen LogP contribution < -0.4 is 5.32 Å². The molecule has 2 rings (SSSR count). The van der Waals surface area contributed by atoms with E-state index >= 15 is 0 Å². The molecule has 1 aromatic carbocycles. The zero-order valence-electron chi connectivity index (χ0n) is 11.8. The molecule has 0 aliphatic carbocycles. The molecule has 1 N–H and O–H groups in total. The van der Waals surface area contributed by atoms with E-state index in [4.69, 9.17) is 0 Å². The van der Waals surface area contributed by atoms with Crippen molar-refractivity contribution in [2.45, 2.75) is 25.4 Å². The Labute approximate surface area is 111 Å². The molecule has 1 aliphatic heterocycles. The summed E-state index contributed by atoms with van der Waals surface area (Å²) in [5.41, 5.74) is 2.59. The Morgan fingerprint density at radius 1 is 1.33 bits per heavy atom. The molecule has 1 fully saturated rings. The summed E-state index contributed by atoms with van der Waals surface area (Å²) in [5.74, 6) is 0. The van der Waals surface area contributed by atoms with Crippen molar-refractivity contribution in [2.24, 2.45) is 0 Å². The second-order valence-electron chi connectivity index (χ2n) is 5.40. The molecular weight excluding hydrogens is 222 g/mol. The molecule has 0 spiro atoms. The minimum absolute atomic E-state index is 0.736. The van der Waals surface area contributed by atoms with Crippen molar-refractivity contribution >= 4 is 5.69 Å². The summed E-state index contributed by atoms with van der Waals surface area (Å²) in [6, 6.07) is 9.43. The summed E-state index contributed by atoms with van der Waals surface area (Å²) in [5, 5.41) is 3.20. The van der Waals surface area contributed by atoms with Crippen molar-refractivity contribution < 1.29 is 0 Å². The monoisotopic (exact) mass is 247 g/mol. The van der Waals surface area contributed by atoms with Gasteiger partial charge in [-0.2, -0.15) is 0 Å². The van der Waals surface area contributed by atoms with Crippen molar-refractivity contribution in [3.05, 3.63) is 29.8 Å². The van der Waals surface area contributed by atoms with E-state index in [2.05, 4.69) is 53.5 Å². The number of anilines is 1. The van der Waals surface area contributed by atoms with Gasteiger partial charge in [0.1, 0.15) is 0 Å². The van der Waals surface area contributed by atoms with Gasteiger partial charge in [-0.05, 0) is 57.7 Å². The lowest BCUT2D eigenvalue weighted by Crippen LogP contribution is -2.41. The summed E-state index contributed by atoms with van der Waals surface area (Å²) in [6.45, 7) is 3.50. The molecule has 1 aliphatic rings. The molecule has 100 valence electrons. The lowest BCUT2D eigenvalue weighted by atomic mass is 10.0. The molecule has 0 unspecified atom stereocenters. The van der Waals surface area contributed by atoms with Gasteiger partial charge in [-0.25, -0.2) is 0 Å². The number of hydrogen-bond donors (Lipinski definition) is 1. The van der Waals surface area contributed by atoms with Gasteiger partial charge in [-0.3, -0.25) is 4.90 Å². The molecule has 18 heavy (non-hydrogen) atoms. The van der Waals surface area contributed by atoms with Gasteiger partial charge in [0.05, 0.1) is 0 Å². The van der Waals surface area contributed by atoms with Crippen LogP contribution in [0.2, 0.25) is 0 Å².